The summed E-state index contributed by atoms with van der Waals surface area (Å²) in [5.74, 6) is -1.35. The summed E-state index contributed by atoms with van der Waals surface area (Å²) in [5, 5.41) is 8.12. The van der Waals surface area contributed by atoms with Crippen molar-refractivity contribution in [2.75, 3.05) is 0 Å². The van der Waals surface area contributed by atoms with Gasteiger partial charge in [0, 0.05) is 0 Å². The molecule has 0 aliphatic heterocycles. The first-order chi connectivity index (χ1) is 4.33. The van der Waals surface area contributed by atoms with E-state index in [0.717, 1.165) is 6.92 Å². The van der Waals surface area contributed by atoms with E-state index >= 15 is 0 Å². The number of carboxylic acid groups (broad SMARTS) is 1. The topological polar surface area (TPSA) is 107 Å². The van der Waals surface area contributed by atoms with Crippen LogP contribution in [0.15, 0.2) is 0 Å². The average molecular weight is 188 g/mol. The minimum atomic E-state index is -5.11. The molecule has 0 aliphatic carbocycles. The molecular weight excluding hydrogens is 180 g/mol. The molecule has 0 aromatic heterocycles. The fraction of sp³-hybridized carbons (Fsp3) is 0.667. The molecule has 7 heteroatoms. The van der Waals surface area contributed by atoms with E-state index in [9.17, 15) is 4.79 Å². The van der Waals surface area contributed by atoms with Gasteiger partial charge >= 0.3 is 61.4 Å². The van der Waals surface area contributed by atoms with Crippen LogP contribution in [-0.2, 0) is 26.3 Å². The van der Waals surface area contributed by atoms with Crippen molar-refractivity contribution in [2.24, 2.45) is 0 Å². The molecule has 0 amide bonds. The van der Waals surface area contributed by atoms with Crippen molar-refractivity contribution in [3.05, 3.63) is 0 Å². The van der Waals surface area contributed by atoms with E-state index in [1.54, 1.807) is 0 Å². The van der Waals surface area contributed by atoms with Crippen LogP contribution in [-0.4, -0.2) is 28.2 Å². The third kappa shape index (κ3) is 4.86. The molecule has 0 saturated heterocycles. The van der Waals surface area contributed by atoms with Gasteiger partial charge in [-0.25, -0.2) is 0 Å². The van der Waals surface area contributed by atoms with Crippen LogP contribution in [0.25, 0.3) is 0 Å². The van der Waals surface area contributed by atoms with Crippen LogP contribution in [0.1, 0.15) is 6.92 Å². The number of carbonyl (C=O) groups is 1. The third-order valence-electron chi connectivity index (χ3n) is 0.683. The van der Waals surface area contributed by atoms with Crippen molar-refractivity contribution in [3.63, 3.8) is 0 Å². The van der Waals surface area contributed by atoms with Gasteiger partial charge in [-0.3, -0.25) is 0 Å². The van der Waals surface area contributed by atoms with Crippen LogP contribution < -0.4 is 0 Å². The molecule has 0 aromatic rings. The van der Waals surface area contributed by atoms with E-state index in [1.807, 2.05) is 0 Å². The second-order valence-electron chi connectivity index (χ2n) is 1.67. The van der Waals surface area contributed by atoms with Gasteiger partial charge in [-0.15, -0.1) is 0 Å². The van der Waals surface area contributed by atoms with Crippen molar-refractivity contribution in [1.82, 2.24) is 0 Å². The monoisotopic (exact) mass is 188 g/mol. The normalized spacial score (nSPS) is 14.8. The van der Waals surface area contributed by atoms with Gasteiger partial charge in [-0.1, -0.05) is 0 Å². The number of rotatable bonds is 3. The summed E-state index contributed by atoms with van der Waals surface area (Å²) in [6.45, 7) is 1.09. The Bertz CT molecular complexity index is 127. The zero-order valence-corrected chi connectivity index (χ0v) is 6.74. The molecule has 0 fully saturated rings. The standard InChI is InChI=1S/C3H5O3.3H2O.Ti/c1-2(4)3(5)6;;;;/h2H,1H3,(H,5,6);3*1H2;/q-1;;;;+4/p-3. The van der Waals surface area contributed by atoms with Crippen molar-refractivity contribution in [2.45, 2.75) is 13.0 Å². The molecule has 0 spiro atoms. The molecule has 1 unspecified atom stereocenters. The SMILES string of the molecule is CC([O][Ti]([OH])([OH])[OH])C(=O)O. The van der Waals surface area contributed by atoms with Crippen molar-refractivity contribution < 1.29 is 42.4 Å². The zero-order chi connectivity index (χ0) is 8.36. The molecular formula is C3H8O6Ti. The molecule has 0 aromatic carbocycles. The zero-order valence-electron chi connectivity index (χ0n) is 5.18. The summed E-state index contributed by atoms with van der Waals surface area (Å²) < 4.78 is 28.7. The van der Waals surface area contributed by atoms with Gasteiger partial charge in [0.1, 0.15) is 0 Å². The third-order valence-corrected chi connectivity index (χ3v) is 1.73. The van der Waals surface area contributed by atoms with Gasteiger partial charge in [0.25, 0.3) is 0 Å². The van der Waals surface area contributed by atoms with Gasteiger partial charge in [0.05, 0.1) is 0 Å². The summed E-state index contributed by atoms with van der Waals surface area (Å²) in [4.78, 5) is 9.95. The molecule has 0 heterocycles. The van der Waals surface area contributed by atoms with E-state index in [-0.39, 0.29) is 0 Å². The summed E-state index contributed by atoms with van der Waals surface area (Å²) in [7, 11) is 0. The molecule has 6 nitrogen and oxygen atoms in total. The minimum absolute atomic E-state index is 1.09. The molecule has 0 saturated carbocycles. The van der Waals surface area contributed by atoms with E-state index in [0.29, 0.717) is 0 Å². The van der Waals surface area contributed by atoms with E-state index in [4.69, 9.17) is 16.2 Å². The predicted octanol–water partition coefficient (Wildman–Crippen LogP) is -1.73. The Labute approximate surface area is 61.9 Å². The Morgan fingerprint density at radius 2 is 1.90 bits per heavy atom. The van der Waals surface area contributed by atoms with Crippen molar-refractivity contribution in [3.8, 4) is 0 Å². The predicted molar refractivity (Wildman–Crippen MR) is 24.8 cm³/mol. The Hall–Kier alpha value is 0.0243. The van der Waals surface area contributed by atoms with Gasteiger partial charge in [-0.05, 0) is 0 Å². The maximum atomic E-state index is 9.95. The van der Waals surface area contributed by atoms with Gasteiger partial charge in [0.15, 0.2) is 0 Å². The first-order valence-corrected chi connectivity index (χ1v) is 5.14. The average Bonchev–Trinajstić information content (AvgIpc) is 1.60. The Morgan fingerprint density at radius 3 is 2.00 bits per heavy atom. The Kier molecular flexibility index (Phi) is 3.43. The number of hydrogen-bond acceptors (Lipinski definition) is 5. The van der Waals surface area contributed by atoms with Crippen LogP contribution in [0.4, 0.5) is 0 Å². The molecule has 0 bridgehead atoms. The first kappa shape index (κ1) is 10.0. The fourth-order valence-corrected chi connectivity index (χ4v) is 1.19. The number of carboxylic acids is 1. The van der Waals surface area contributed by atoms with E-state index in [2.05, 4.69) is 3.32 Å². The number of aliphatic carboxylic acids is 1. The summed E-state index contributed by atoms with van der Waals surface area (Å²) in [6, 6.07) is 0. The summed E-state index contributed by atoms with van der Waals surface area (Å²) >= 11 is -5.11. The van der Waals surface area contributed by atoms with Crippen LogP contribution in [0.3, 0.4) is 0 Å². The molecule has 0 radical (unpaired) electrons. The van der Waals surface area contributed by atoms with Crippen LogP contribution in [0.2, 0.25) is 0 Å². The van der Waals surface area contributed by atoms with Gasteiger partial charge in [0.2, 0.25) is 0 Å². The Morgan fingerprint density at radius 1 is 1.50 bits per heavy atom. The van der Waals surface area contributed by atoms with E-state index in [1.165, 1.54) is 0 Å². The Balaban J connectivity index is 3.80. The quantitative estimate of drug-likeness (QED) is 0.392. The molecule has 0 aliphatic rings. The molecule has 1 atom stereocenters. The summed E-state index contributed by atoms with van der Waals surface area (Å²) in [6.07, 6.45) is -1.39. The summed E-state index contributed by atoms with van der Waals surface area (Å²) in [5.41, 5.74) is 0. The van der Waals surface area contributed by atoms with Crippen molar-refractivity contribution in [1.29, 1.82) is 0 Å². The molecule has 4 N–H and O–H groups in total. The second-order valence-corrected chi connectivity index (χ2v) is 3.83. The van der Waals surface area contributed by atoms with Crippen LogP contribution in [0.5, 0.6) is 0 Å². The first-order valence-electron chi connectivity index (χ1n) is 2.40. The van der Waals surface area contributed by atoms with Crippen molar-refractivity contribution >= 4 is 5.97 Å². The molecule has 10 heavy (non-hydrogen) atoms. The van der Waals surface area contributed by atoms with Gasteiger partial charge < -0.3 is 0 Å². The van der Waals surface area contributed by atoms with Crippen LogP contribution >= 0.6 is 0 Å². The van der Waals surface area contributed by atoms with E-state index < -0.39 is 30.2 Å². The van der Waals surface area contributed by atoms with Crippen LogP contribution in [0, 0.1) is 0 Å². The number of hydrogen-bond donors (Lipinski definition) is 4. The molecule has 0 rings (SSSR count). The van der Waals surface area contributed by atoms with Gasteiger partial charge in [-0.2, -0.15) is 0 Å². The fourth-order valence-electron chi connectivity index (χ4n) is 0.288. The molecule has 60 valence electrons. The second kappa shape index (κ2) is 3.43. The maximum absolute atomic E-state index is 9.95.